The van der Waals surface area contributed by atoms with E-state index < -0.39 is 0 Å². The summed E-state index contributed by atoms with van der Waals surface area (Å²) in [7, 11) is 0. The van der Waals surface area contributed by atoms with Gasteiger partial charge < -0.3 is 22.9 Å². The molecule has 6 heteroatoms. The molecule has 8 N–H and O–H groups in total. The van der Waals surface area contributed by atoms with Crippen molar-refractivity contribution in [1.82, 2.24) is 4.98 Å². The predicted molar refractivity (Wildman–Crippen MR) is 84.7 cm³/mol. The van der Waals surface area contributed by atoms with Gasteiger partial charge in [0, 0.05) is 11.8 Å². The van der Waals surface area contributed by atoms with Crippen LogP contribution in [0.2, 0.25) is 5.02 Å². The van der Waals surface area contributed by atoms with E-state index in [-0.39, 0.29) is 17.3 Å². The fourth-order valence-corrected chi connectivity index (χ4v) is 1.22. The summed E-state index contributed by atoms with van der Waals surface area (Å²) in [5, 5.41) is 0.338. The van der Waals surface area contributed by atoms with E-state index in [0.29, 0.717) is 5.02 Å². The Balaban J connectivity index is 0.000000316. The average Bonchev–Trinajstić information content (AvgIpc) is 2.40. The number of hydrogen-bond acceptors (Lipinski definition) is 5. The number of rotatable bonds is 0. The minimum absolute atomic E-state index is 0.171. The van der Waals surface area contributed by atoms with Gasteiger partial charge in [-0.15, -0.1) is 0 Å². The molecule has 5 nitrogen and oxygen atoms in total. The van der Waals surface area contributed by atoms with Crippen LogP contribution in [0.15, 0.2) is 36.4 Å². The third-order valence-corrected chi connectivity index (χ3v) is 2.17. The van der Waals surface area contributed by atoms with Gasteiger partial charge in [0.2, 0.25) is 0 Å². The van der Waals surface area contributed by atoms with Crippen LogP contribution in [0, 0.1) is 0 Å². The molecule has 0 bridgehead atoms. The zero-order chi connectivity index (χ0) is 14.8. The Morgan fingerprint density at radius 1 is 0.947 bits per heavy atom. The van der Waals surface area contributed by atoms with Gasteiger partial charge in [-0.1, -0.05) is 43.6 Å². The summed E-state index contributed by atoms with van der Waals surface area (Å²) in [5.74, 6) is 0.446. The summed E-state index contributed by atoms with van der Waals surface area (Å²) < 4.78 is 0. The average molecular weight is 282 g/mol. The van der Waals surface area contributed by atoms with Gasteiger partial charge in [0.15, 0.2) is 5.82 Å². The normalized spacial score (nSPS) is 8.58. The maximum atomic E-state index is 5.59. The number of halogens is 1. The van der Waals surface area contributed by atoms with Crippen molar-refractivity contribution in [3.05, 3.63) is 41.4 Å². The molecular formula is C13H20ClN5. The molecule has 0 fully saturated rings. The minimum atomic E-state index is 0.171. The van der Waals surface area contributed by atoms with Crippen LogP contribution in [0.5, 0.6) is 0 Å². The van der Waals surface area contributed by atoms with Crippen LogP contribution in [0.3, 0.4) is 0 Å². The third kappa shape index (κ3) is 6.38. The highest BCUT2D eigenvalue weighted by Gasteiger charge is 2.01. The van der Waals surface area contributed by atoms with E-state index in [9.17, 15) is 0 Å². The molecule has 0 atom stereocenters. The second-order valence-electron chi connectivity index (χ2n) is 3.24. The van der Waals surface area contributed by atoms with Crippen LogP contribution in [0.25, 0.3) is 0 Å². The number of nitrogens with two attached hydrogens (primary N) is 4. The molecule has 1 aromatic heterocycles. The van der Waals surface area contributed by atoms with Crippen LogP contribution in [0.4, 0.5) is 23.0 Å². The van der Waals surface area contributed by atoms with E-state index in [1.54, 1.807) is 0 Å². The van der Waals surface area contributed by atoms with Crippen molar-refractivity contribution in [3.63, 3.8) is 0 Å². The van der Waals surface area contributed by atoms with Gasteiger partial charge in [0.05, 0.1) is 10.7 Å². The lowest BCUT2D eigenvalue weighted by Crippen LogP contribution is -2.01. The third-order valence-electron chi connectivity index (χ3n) is 1.86. The van der Waals surface area contributed by atoms with Gasteiger partial charge in [0.1, 0.15) is 5.82 Å². The Hall–Kier alpha value is -2.14. The largest absolute Gasteiger partial charge is 0.399 e. The molecule has 2 aromatic rings. The summed E-state index contributed by atoms with van der Waals surface area (Å²) in [6.45, 7) is 4.00. The molecule has 2 rings (SSSR count). The first-order valence-corrected chi connectivity index (χ1v) is 6.16. The molecule has 0 unspecified atom stereocenters. The topological polar surface area (TPSA) is 117 Å². The zero-order valence-corrected chi connectivity index (χ0v) is 11.9. The van der Waals surface area contributed by atoms with Gasteiger partial charge in [0.25, 0.3) is 0 Å². The van der Waals surface area contributed by atoms with Gasteiger partial charge in [-0.2, -0.15) is 0 Å². The fourth-order valence-electron chi connectivity index (χ4n) is 1.01. The quantitative estimate of drug-likeness (QED) is 0.554. The molecule has 0 amide bonds. The molecule has 0 aliphatic carbocycles. The first kappa shape index (κ1) is 16.9. The Kier molecular flexibility index (Phi) is 7.88. The molecule has 0 aliphatic heterocycles. The van der Waals surface area contributed by atoms with Crippen molar-refractivity contribution in [2.24, 2.45) is 0 Å². The van der Waals surface area contributed by atoms with Crippen molar-refractivity contribution in [3.8, 4) is 0 Å². The molecule has 0 spiro atoms. The van der Waals surface area contributed by atoms with Gasteiger partial charge in [-0.05, 0) is 12.1 Å². The van der Waals surface area contributed by atoms with Crippen molar-refractivity contribution < 1.29 is 0 Å². The minimum Gasteiger partial charge on any atom is -0.399 e. The highest BCUT2D eigenvalue weighted by atomic mass is 35.5. The fraction of sp³-hybridized carbons (Fsp3) is 0.154. The number of hydrogen-bond donors (Lipinski definition) is 4. The highest BCUT2D eigenvalue weighted by Crippen LogP contribution is 2.24. The van der Waals surface area contributed by atoms with E-state index in [0.717, 1.165) is 5.69 Å². The smallest absolute Gasteiger partial charge is 0.150 e. The van der Waals surface area contributed by atoms with Crippen LogP contribution >= 0.6 is 11.6 Å². The number of pyridine rings is 1. The zero-order valence-electron chi connectivity index (χ0n) is 11.1. The summed E-state index contributed by atoms with van der Waals surface area (Å²) >= 11 is 5.59. The molecular weight excluding hydrogens is 262 g/mol. The molecule has 0 aliphatic rings. The lowest BCUT2D eigenvalue weighted by molar-refractivity contribution is 1.35. The number of benzene rings is 1. The maximum absolute atomic E-state index is 5.59. The first-order valence-electron chi connectivity index (χ1n) is 5.78. The van der Waals surface area contributed by atoms with Crippen LogP contribution in [-0.4, -0.2) is 4.98 Å². The molecule has 104 valence electrons. The monoisotopic (exact) mass is 281 g/mol. The summed E-state index contributed by atoms with van der Waals surface area (Å²) in [6, 6.07) is 10.9. The van der Waals surface area contributed by atoms with Crippen LogP contribution < -0.4 is 22.9 Å². The Bertz CT molecular complexity index is 465. The lowest BCUT2D eigenvalue weighted by atomic mass is 10.3. The van der Waals surface area contributed by atoms with E-state index in [1.807, 2.05) is 44.2 Å². The summed E-state index contributed by atoms with van der Waals surface area (Å²) in [4.78, 5) is 3.68. The van der Waals surface area contributed by atoms with Gasteiger partial charge >= 0.3 is 0 Å². The van der Waals surface area contributed by atoms with E-state index in [4.69, 9.17) is 34.5 Å². The number of aromatic nitrogens is 1. The van der Waals surface area contributed by atoms with E-state index in [2.05, 4.69) is 4.98 Å². The number of para-hydroxylation sites is 1. The van der Waals surface area contributed by atoms with E-state index in [1.165, 1.54) is 6.07 Å². The van der Waals surface area contributed by atoms with E-state index >= 15 is 0 Å². The first-order chi connectivity index (χ1) is 9.00. The van der Waals surface area contributed by atoms with Crippen molar-refractivity contribution in [1.29, 1.82) is 0 Å². The maximum Gasteiger partial charge on any atom is 0.150 e. The highest BCUT2D eigenvalue weighted by molar-refractivity contribution is 6.33. The number of nitrogen functional groups attached to an aromatic ring is 4. The molecule has 1 heterocycles. The molecule has 1 aromatic carbocycles. The summed E-state index contributed by atoms with van der Waals surface area (Å²) in [5.41, 5.74) is 22.4. The van der Waals surface area contributed by atoms with Crippen molar-refractivity contribution in [2.75, 3.05) is 22.9 Å². The predicted octanol–water partition coefficient (Wildman–Crippen LogP) is 2.78. The molecule has 0 radical (unpaired) electrons. The van der Waals surface area contributed by atoms with Crippen LogP contribution in [-0.2, 0) is 0 Å². The number of anilines is 4. The second-order valence-corrected chi connectivity index (χ2v) is 3.65. The molecule has 0 saturated carbocycles. The van der Waals surface area contributed by atoms with Gasteiger partial charge in [-0.3, -0.25) is 0 Å². The molecule has 0 saturated heterocycles. The molecule has 19 heavy (non-hydrogen) atoms. The Labute approximate surface area is 118 Å². The second kappa shape index (κ2) is 8.88. The van der Waals surface area contributed by atoms with Crippen molar-refractivity contribution >= 4 is 34.6 Å². The number of nitrogens with zero attached hydrogens (tertiary/aromatic N) is 1. The van der Waals surface area contributed by atoms with Crippen LogP contribution in [0.1, 0.15) is 13.8 Å². The van der Waals surface area contributed by atoms with Gasteiger partial charge in [-0.25, -0.2) is 4.98 Å². The Morgan fingerprint density at radius 2 is 1.47 bits per heavy atom. The Morgan fingerprint density at radius 3 is 1.84 bits per heavy atom. The van der Waals surface area contributed by atoms with Crippen molar-refractivity contribution in [2.45, 2.75) is 13.8 Å². The standard InChI is InChI=1S/C6H7N.C5H7ClN4.C2H6/c7-6-4-2-1-3-5-6;6-2-1-3(7)10-5(9)4(2)8;1-2/h1-5H,7H2;1H,8H2,(H4,7,9,10);1-2H3. The lowest BCUT2D eigenvalue weighted by Gasteiger charge is -2.01. The SMILES string of the molecule is CC.Nc1cc(Cl)c(N)c(N)n1.Nc1ccccc1. The summed E-state index contributed by atoms with van der Waals surface area (Å²) in [6.07, 6.45) is 0.